The van der Waals surface area contributed by atoms with Crippen LogP contribution in [0.2, 0.25) is 0 Å². The molecule has 3 heterocycles. The number of halogens is 3. The van der Waals surface area contributed by atoms with Gasteiger partial charge in [0.1, 0.15) is 17.8 Å². The first kappa shape index (κ1) is 18.4. The van der Waals surface area contributed by atoms with Crippen LogP contribution in [0.1, 0.15) is 24.1 Å². The predicted octanol–water partition coefficient (Wildman–Crippen LogP) is 2.27. The lowest BCUT2D eigenvalue weighted by Gasteiger charge is -2.32. The second-order valence-electron chi connectivity index (χ2n) is 6.47. The lowest BCUT2D eigenvalue weighted by molar-refractivity contribution is -0.141. The van der Waals surface area contributed by atoms with E-state index in [1.165, 1.54) is 4.57 Å². The maximum Gasteiger partial charge on any atom is 0.433 e. The van der Waals surface area contributed by atoms with Gasteiger partial charge in [0.05, 0.1) is 0 Å². The van der Waals surface area contributed by atoms with Crippen molar-refractivity contribution in [3.05, 3.63) is 52.3 Å². The number of aromatic nitrogens is 3. The fraction of sp³-hybridized carbons (Fsp3) is 0.471. The zero-order valence-corrected chi connectivity index (χ0v) is 14.3. The zero-order valence-electron chi connectivity index (χ0n) is 14.3. The number of alkyl halides is 3. The summed E-state index contributed by atoms with van der Waals surface area (Å²) in [5.74, 6) is 0.192. The minimum atomic E-state index is -4.48. The molecule has 1 aliphatic rings. The summed E-state index contributed by atoms with van der Waals surface area (Å²) in [6.07, 6.45) is -0.225. The van der Waals surface area contributed by atoms with Gasteiger partial charge in [0.2, 0.25) is 0 Å². The SMILES string of the molecule is Cn1ccc(CN2CCC(Nc3cc(C(F)(F)F)ncn3)CC2)cc1=O. The summed E-state index contributed by atoms with van der Waals surface area (Å²) >= 11 is 0. The summed E-state index contributed by atoms with van der Waals surface area (Å²) in [5.41, 5.74) is -0.0218. The van der Waals surface area contributed by atoms with Crippen molar-refractivity contribution < 1.29 is 13.2 Å². The lowest BCUT2D eigenvalue weighted by atomic mass is 10.0. The molecule has 2 aromatic rings. The van der Waals surface area contributed by atoms with Crippen molar-refractivity contribution in [1.29, 1.82) is 0 Å². The Morgan fingerprint density at radius 3 is 2.62 bits per heavy atom. The van der Waals surface area contributed by atoms with Crippen molar-refractivity contribution in [2.75, 3.05) is 18.4 Å². The van der Waals surface area contributed by atoms with Gasteiger partial charge < -0.3 is 9.88 Å². The highest BCUT2D eigenvalue weighted by atomic mass is 19.4. The highest BCUT2D eigenvalue weighted by Crippen LogP contribution is 2.28. The summed E-state index contributed by atoms with van der Waals surface area (Å²) in [6.45, 7) is 2.28. The van der Waals surface area contributed by atoms with Crippen LogP contribution in [0.25, 0.3) is 0 Å². The van der Waals surface area contributed by atoms with Crippen LogP contribution in [0.3, 0.4) is 0 Å². The fourth-order valence-electron chi connectivity index (χ4n) is 2.98. The van der Waals surface area contributed by atoms with Crippen LogP contribution in [-0.4, -0.2) is 38.6 Å². The van der Waals surface area contributed by atoms with Crippen molar-refractivity contribution >= 4 is 5.82 Å². The second-order valence-corrected chi connectivity index (χ2v) is 6.47. The number of pyridine rings is 1. The molecule has 9 heteroatoms. The molecule has 140 valence electrons. The van der Waals surface area contributed by atoms with Crippen molar-refractivity contribution in [2.24, 2.45) is 7.05 Å². The molecule has 0 spiro atoms. The maximum absolute atomic E-state index is 12.7. The maximum atomic E-state index is 12.7. The zero-order chi connectivity index (χ0) is 18.7. The Balaban J connectivity index is 1.54. The van der Waals surface area contributed by atoms with Gasteiger partial charge in [-0.2, -0.15) is 13.2 Å². The van der Waals surface area contributed by atoms with E-state index in [-0.39, 0.29) is 17.4 Å². The molecule has 6 nitrogen and oxygen atoms in total. The van der Waals surface area contributed by atoms with E-state index >= 15 is 0 Å². The van der Waals surface area contributed by atoms with E-state index in [9.17, 15) is 18.0 Å². The Morgan fingerprint density at radius 2 is 1.96 bits per heavy atom. The number of nitrogens with zero attached hydrogens (tertiary/aromatic N) is 4. The first-order valence-electron chi connectivity index (χ1n) is 8.35. The van der Waals surface area contributed by atoms with E-state index in [0.717, 1.165) is 43.9 Å². The van der Waals surface area contributed by atoms with Gasteiger partial charge in [-0.15, -0.1) is 0 Å². The topological polar surface area (TPSA) is 63.1 Å². The second kappa shape index (κ2) is 7.45. The highest BCUT2D eigenvalue weighted by Gasteiger charge is 2.33. The number of hydrogen-bond acceptors (Lipinski definition) is 5. The number of anilines is 1. The standard InChI is InChI=1S/C17H20F3N5O/c1-24-5-2-12(8-16(24)26)10-25-6-3-13(4-7-25)23-15-9-14(17(18,19)20)21-11-22-15/h2,5,8-9,11,13H,3-4,6-7,10H2,1H3,(H,21,22,23). The van der Waals surface area contributed by atoms with Gasteiger partial charge in [0.25, 0.3) is 5.56 Å². The molecular formula is C17H20F3N5O. The molecule has 0 saturated carbocycles. The average molecular weight is 367 g/mol. The number of aryl methyl sites for hydroxylation is 1. The average Bonchev–Trinajstić information content (AvgIpc) is 2.59. The molecule has 0 amide bonds. The monoisotopic (exact) mass is 367 g/mol. The van der Waals surface area contributed by atoms with Gasteiger partial charge in [-0.1, -0.05) is 0 Å². The van der Waals surface area contributed by atoms with Crippen LogP contribution in [0, 0.1) is 0 Å². The summed E-state index contributed by atoms with van der Waals surface area (Å²) in [4.78, 5) is 21.1. The van der Waals surface area contributed by atoms with Crippen molar-refractivity contribution in [3.8, 4) is 0 Å². The third kappa shape index (κ3) is 4.60. The van der Waals surface area contributed by atoms with Gasteiger partial charge in [0.15, 0.2) is 0 Å². The quantitative estimate of drug-likeness (QED) is 0.898. The van der Waals surface area contributed by atoms with Crippen LogP contribution >= 0.6 is 0 Å². The normalized spacial score (nSPS) is 16.6. The first-order valence-corrected chi connectivity index (χ1v) is 8.35. The summed E-state index contributed by atoms with van der Waals surface area (Å²) in [7, 11) is 1.71. The smallest absolute Gasteiger partial charge is 0.367 e. The number of rotatable bonds is 4. The van der Waals surface area contributed by atoms with E-state index in [2.05, 4.69) is 20.2 Å². The molecule has 0 bridgehead atoms. The van der Waals surface area contributed by atoms with E-state index in [4.69, 9.17) is 0 Å². The van der Waals surface area contributed by atoms with E-state index in [1.54, 1.807) is 19.3 Å². The fourth-order valence-corrected chi connectivity index (χ4v) is 2.98. The number of likely N-dealkylation sites (tertiary alicyclic amines) is 1. The van der Waals surface area contributed by atoms with Crippen molar-refractivity contribution in [2.45, 2.75) is 31.6 Å². The molecule has 0 atom stereocenters. The van der Waals surface area contributed by atoms with Crippen molar-refractivity contribution in [3.63, 3.8) is 0 Å². The van der Waals surface area contributed by atoms with Gasteiger partial charge in [-0.3, -0.25) is 9.69 Å². The minimum Gasteiger partial charge on any atom is -0.367 e. The van der Waals surface area contributed by atoms with Gasteiger partial charge in [-0.05, 0) is 24.5 Å². The van der Waals surface area contributed by atoms with Crippen LogP contribution in [-0.2, 0) is 19.8 Å². The predicted molar refractivity (Wildman–Crippen MR) is 90.6 cm³/mol. The Morgan fingerprint density at radius 1 is 1.23 bits per heavy atom. The minimum absolute atomic E-state index is 0.0386. The number of hydrogen-bond donors (Lipinski definition) is 1. The van der Waals surface area contributed by atoms with Gasteiger partial charge in [-0.25, -0.2) is 9.97 Å². The molecule has 0 aromatic carbocycles. The molecule has 26 heavy (non-hydrogen) atoms. The van der Waals surface area contributed by atoms with Crippen molar-refractivity contribution in [1.82, 2.24) is 19.4 Å². The Kier molecular flexibility index (Phi) is 5.26. The summed E-state index contributed by atoms with van der Waals surface area (Å²) in [5, 5.41) is 3.06. The van der Waals surface area contributed by atoms with E-state index < -0.39 is 11.9 Å². The molecule has 1 fully saturated rings. The van der Waals surface area contributed by atoms with E-state index in [0.29, 0.717) is 6.54 Å². The summed E-state index contributed by atoms with van der Waals surface area (Å²) in [6, 6.07) is 4.55. The molecule has 1 saturated heterocycles. The summed E-state index contributed by atoms with van der Waals surface area (Å²) < 4.78 is 39.7. The number of piperidine rings is 1. The Hall–Kier alpha value is -2.42. The van der Waals surface area contributed by atoms with Crippen LogP contribution in [0.15, 0.2) is 35.5 Å². The third-order valence-electron chi connectivity index (χ3n) is 4.47. The molecule has 1 N–H and O–H groups in total. The van der Waals surface area contributed by atoms with Gasteiger partial charge >= 0.3 is 6.18 Å². The molecule has 0 unspecified atom stereocenters. The molecule has 1 aliphatic heterocycles. The van der Waals surface area contributed by atoms with Crippen LogP contribution in [0.5, 0.6) is 0 Å². The van der Waals surface area contributed by atoms with E-state index in [1.807, 2.05) is 6.07 Å². The van der Waals surface area contributed by atoms with Crippen LogP contribution in [0.4, 0.5) is 19.0 Å². The van der Waals surface area contributed by atoms with Gasteiger partial charge in [0, 0.05) is 51.1 Å². The molecule has 3 rings (SSSR count). The highest BCUT2D eigenvalue weighted by molar-refractivity contribution is 5.36. The lowest BCUT2D eigenvalue weighted by Crippen LogP contribution is -2.39. The molecular weight excluding hydrogens is 347 g/mol. The third-order valence-corrected chi connectivity index (χ3v) is 4.47. The van der Waals surface area contributed by atoms with Crippen LogP contribution < -0.4 is 10.9 Å². The Labute approximate surface area is 148 Å². The molecule has 0 radical (unpaired) electrons. The number of nitrogens with one attached hydrogen (secondary N) is 1. The first-order chi connectivity index (χ1) is 12.3. The molecule has 0 aliphatic carbocycles. The molecule has 2 aromatic heterocycles. The Bertz CT molecular complexity index is 813. The largest absolute Gasteiger partial charge is 0.433 e.